The molecule has 0 aliphatic carbocycles. The van der Waals surface area contributed by atoms with Gasteiger partial charge in [0, 0.05) is 12.6 Å². The van der Waals surface area contributed by atoms with Crippen LogP contribution in [-0.4, -0.2) is 39.2 Å². The van der Waals surface area contributed by atoms with E-state index in [2.05, 4.69) is 43.4 Å². The summed E-state index contributed by atoms with van der Waals surface area (Å²) < 4.78 is 5.19. The Bertz CT molecular complexity index is 322. The zero-order chi connectivity index (χ0) is 13.4. The van der Waals surface area contributed by atoms with E-state index in [0.29, 0.717) is 6.04 Å². The van der Waals surface area contributed by atoms with Crippen LogP contribution >= 0.6 is 0 Å². The number of hydrogen-bond donors (Lipinski definition) is 1. The van der Waals surface area contributed by atoms with Crippen LogP contribution < -0.4 is 10.1 Å². The van der Waals surface area contributed by atoms with Crippen molar-refractivity contribution < 1.29 is 4.74 Å². The molecule has 0 saturated carbocycles. The molecule has 0 amide bonds. The topological polar surface area (TPSA) is 24.5 Å². The predicted octanol–water partition coefficient (Wildman–Crippen LogP) is 2.69. The van der Waals surface area contributed by atoms with Crippen LogP contribution in [0, 0.1) is 0 Å². The van der Waals surface area contributed by atoms with Crippen LogP contribution in [0.1, 0.15) is 31.4 Å². The van der Waals surface area contributed by atoms with Crippen LogP contribution in [0.3, 0.4) is 0 Å². The van der Waals surface area contributed by atoms with Gasteiger partial charge in [-0.1, -0.05) is 25.5 Å². The normalized spacial score (nSPS) is 12.7. The molecule has 0 fully saturated rings. The van der Waals surface area contributed by atoms with Crippen molar-refractivity contribution in [3.8, 4) is 5.75 Å². The second-order valence-electron chi connectivity index (χ2n) is 4.81. The number of likely N-dealkylation sites (N-methyl/N-ethyl adjacent to an activating group) is 1. The molecule has 0 aliphatic rings. The van der Waals surface area contributed by atoms with Gasteiger partial charge in [0.1, 0.15) is 5.75 Å². The highest BCUT2D eigenvalue weighted by molar-refractivity contribution is 5.29. The summed E-state index contributed by atoms with van der Waals surface area (Å²) in [4.78, 5) is 2.25. The molecule has 0 saturated heterocycles. The molecule has 1 atom stereocenters. The largest absolute Gasteiger partial charge is 0.497 e. The highest BCUT2D eigenvalue weighted by Crippen LogP contribution is 2.20. The summed E-state index contributed by atoms with van der Waals surface area (Å²) in [6.45, 7) is 4.30. The Kier molecular flexibility index (Phi) is 6.76. The average molecular weight is 250 g/mol. The minimum absolute atomic E-state index is 0.410. The van der Waals surface area contributed by atoms with Gasteiger partial charge in [0.25, 0.3) is 0 Å². The third-order valence-corrected chi connectivity index (χ3v) is 3.17. The number of methoxy groups -OCH3 is 1. The average Bonchev–Trinajstić information content (AvgIpc) is 2.39. The maximum Gasteiger partial charge on any atom is 0.118 e. The zero-order valence-corrected chi connectivity index (χ0v) is 12.1. The van der Waals surface area contributed by atoms with E-state index in [1.165, 1.54) is 18.4 Å². The first-order valence-corrected chi connectivity index (χ1v) is 6.70. The second kappa shape index (κ2) is 8.11. The lowest BCUT2D eigenvalue weighted by Crippen LogP contribution is -2.31. The van der Waals surface area contributed by atoms with E-state index in [-0.39, 0.29) is 0 Å². The molecule has 3 heteroatoms. The van der Waals surface area contributed by atoms with Crippen LogP contribution in [0.5, 0.6) is 5.75 Å². The minimum Gasteiger partial charge on any atom is -0.497 e. The monoisotopic (exact) mass is 250 g/mol. The van der Waals surface area contributed by atoms with Crippen molar-refractivity contribution in [2.24, 2.45) is 0 Å². The first-order chi connectivity index (χ1) is 8.69. The van der Waals surface area contributed by atoms with Crippen LogP contribution in [0.4, 0.5) is 0 Å². The summed E-state index contributed by atoms with van der Waals surface area (Å²) in [5.74, 6) is 0.912. The Balaban J connectivity index is 2.59. The van der Waals surface area contributed by atoms with E-state index >= 15 is 0 Å². The van der Waals surface area contributed by atoms with E-state index in [9.17, 15) is 0 Å². The van der Waals surface area contributed by atoms with Gasteiger partial charge < -0.3 is 15.0 Å². The molecule has 1 aromatic rings. The van der Waals surface area contributed by atoms with Gasteiger partial charge in [-0.15, -0.1) is 0 Å². The Labute approximate surface area is 111 Å². The first kappa shape index (κ1) is 15.0. The van der Waals surface area contributed by atoms with Crippen LogP contribution in [0.25, 0.3) is 0 Å². The molecule has 1 unspecified atom stereocenters. The lowest BCUT2D eigenvalue weighted by molar-refractivity contribution is 0.288. The van der Waals surface area contributed by atoms with E-state index in [0.717, 1.165) is 18.8 Å². The Morgan fingerprint density at radius 1 is 1.22 bits per heavy atom. The van der Waals surface area contributed by atoms with E-state index < -0.39 is 0 Å². The van der Waals surface area contributed by atoms with E-state index in [1.54, 1.807) is 7.11 Å². The molecule has 1 rings (SSSR count). The number of ether oxygens (including phenoxy) is 1. The van der Waals surface area contributed by atoms with Gasteiger partial charge in [-0.2, -0.15) is 0 Å². The van der Waals surface area contributed by atoms with Crippen molar-refractivity contribution in [2.45, 2.75) is 25.8 Å². The Hall–Kier alpha value is -1.06. The van der Waals surface area contributed by atoms with Crippen molar-refractivity contribution >= 4 is 0 Å². The summed E-state index contributed by atoms with van der Waals surface area (Å²) in [5, 5.41) is 3.52. The minimum atomic E-state index is 0.410. The fraction of sp³-hybridized carbons (Fsp3) is 0.600. The number of nitrogens with one attached hydrogen (secondary N) is 1. The lowest BCUT2D eigenvalue weighted by Gasteiger charge is -2.25. The van der Waals surface area contributed by atoms with Crippen molar-refractivity contribution in [2.75, 3.05) is 34.3 Å². The van der Waals surface area contributed by atoms with Gasteiger partial charge in [-0.3, -0.25) is 0 Å². The van der Waals surface area contributed by atoms with Crippen LogP contribution in [-0.2, 0) is 0 Å². The maximum atomic E-state index is 5.19. The van der Waals surface area contributed by atoms with Gasteiger partial charge in [0.05, 0.1) is 7.11 Å². The molecule has 1 N–H and O–H groups in total. The molecule has 0 radical (unpaired) electrons. The van der Waals surface area contributed by atoms with Gasteiger partial charge >= 0.3 is 0 Å². The standard InChI is InChI=1S/C15H26N2O/c1-5-6-11-16-12-15(17(2)3)13-7-9-14(18-4)10-8-13/h7-10,15-16H,5-6,11-12H2,1-4H3. The fourth-order valence-corrected chi connectivity index (χ4v) is 1.97. The maximum absolute atomic E-state index is 5.19. The molecular formula is C15H26N2O. The highest BCUT2D eigenvalue weighted by Gasteiger charge is 2.13. The van der Waals surface area contributed by atoms with Crippen LogP contribution in [0.15, 0.2) is 24.3 Å². The quantitative estimate of drug-likeness (QED) is 0.718. The van der Waals surface area contributed by atoms with Crippen molar-refractivity contribution in [1.29, 1.82) is 0 Å². The Morgan fingerprint density at radius 2 is 1.89 bits per heavy atom. The van der Waals surface area contributed by atoms with Crippen LogP contribution in [0.2, 0.25) is 0 Å². The highest BCUT2D eigenvalue weighted by atomic mass is 16.5. The molecule has 0 aromatic heterocycles. The number of unbranched alkanes of at least 4 members (excludes halogenated alkanes) is 1. The molecule has 0 heterocycles. The second-order valence-corrected chi connectivity index (χ2v) is 4.81. The SMILES string of the molecule is CCCCNCC(c1ccc(OC)cc1)N(C)C. The van der Waals surface area contributed by atoms with Gasteiger partial charge in [-0.05, 0) is 44.8 Å². The number of nitrogens with zero attached hydrogens (tertiary/aromatic N) is 1. The number of benzene rings is 1. The molecule has 0 aliphatic heterocycles. The molecular weight excluding hydrogens is 224 g/mol. The third-order valence-electron chi connectivity index (χ3n) is 3.17. The number of rotatable bonds is 8. The first-order valence-electron chi connectivity index (χ1n) is 6.70. The molecule has 3 nitrogen and oxygen atoms in total. The Morgan fingerprint density at radius 3 is 2.39 bits per heavy atom. The zero-order valence-electron chi connectivity index (χ0n) is 12.1. The lowest BCUT2D eigenvalue weighted by atomic mass is 10.1. The molecule has 18 heavy (non-hydrogen) atoms. The summed E-state index contributed by atoms with van der Waals surface area (Å²) in [5.41, 5.74) is 1.32. The van der Waals surface area contributed by atoms with E-state index in [4.69, 9.17) is 4.74 Å². The summed E-state index contributed by atoms with van der Waals surface area (Å²) in [6, 6.07) is 8.75. The third kappa shape index (κ3) is 4.67. The van der Waals surface area contributed by atoms with Gasteiger partial charge in [0.15, 0.2) is 0 Å². The summed E-state index contributed by atoms with van der Waals surface area (Å²) >= 11 is 0. The van der Waals surface area contributed by atoms with Crippen molar-refractivity contribution in [3.05, 3.63) is 29.8 Å². The number of hydrogen-bond acceptors (Lipinski definition) is 3. The molecule has 102 valence electrons. The molecule has 1 aromatic carbocycles. The summed E-state index contributed by atoms with van der Waals surface area (Å²) in [6.07, 6.45) is 2.48. The van der Waals surface area contributed by atoms with Crippen molar-refractivity contribution in [1.82, 2.24) is 10.2 Å². The smallest absolute Gasteiger partial charge is 0.118 e. The molecule has 0 bridgehead atoms. The predicted molar refractivity (Wildman–Crippen MR) is 77.2 cm³/mol. The van der Waals surface area contributed by atoms with Gasteiger partial charge in [0.2, 0.25) is 0 Å². The fourth-order valence-electron chi connectivity index (χ4n) is 1.97. The van der Waals surface area contributed by atoms with Gasteiger partial charge in [-0.25, -0.2) is 0 Å². The molecule has 0 spiro atoms. The summed E-state index contributed by atoms with van der Waals surface area (Å²) in [7, 11) is 5.94. The van der Waals surface area contributed by atoms with Crippen molar-refractivity contribution in [3.63, 3.8) is 0 Å². The van der Waals surface area contributed by atoms with E-state index in [1.807, 2.05) is 12.1 Å².